The highest BCUT2D eigenvalue weighted by Crippen LogP contribution is 2.21. The first-order valence-electron chi connectivity index (χ1n) is 5.92. The number of hydroxylamine groups is 1. The Morgan fingerprint density at radius 3 is 2.60 bits per heavy atom. The fraction of sp³-hybridized carbons (Fsp3) is 0.364. The molecule has 0 bridgehead atoms. The Kier molecular flexibility index (Phi) is 4.23. The van der Waals surface area contributed by atoms with Crippen molar-refractivity contribution < 1.29 is 23.5 Å². The van der Waals surface area contributed by atoms with Crippen LogP contribution in [0.5, 0.6) is 5.75 Å². The third kappa shape index (κ3) is 2.75. The van der Waals surface area contributed by atoms with Gasteiger partial charge in [0.15, 0.2) is 0 Å². The Morgan fingerprint density at radius 1 is 1.35 bits per heavy atom. The lowest BCUT2D eigenvalue weighted by atomic mass is 10.2. The normalized spacial score (nSPS) is 20.6. The second kappa shape index (κ2) is 5.75. The number of carbonyl (C=O) groups excluding carboxylic acids is 1. The van der Waals surface area contributed by atoms with Gasteiger partial charge in [0.1, 0.15) is 11.8 Å². The van der Waals surface area contributed by atoms with Gasteiger partial charge in [-0.1, -0.05) is 0 Å². The van der Waals surface area contributed by atoms with Crippen LogP contribution >= 0.6 is 0 Å². The van der Waals surface area contributed by atoms with Gasteiger partial charge in [-0.2, -0.15) is 4.31 Å². The van der Waals surface area contributed by atoms with Crippen molar-refractivity contribution in [2.24, 2.45) is 0 Å². The Balaban J connectivity index is 2.35. The molecule has 1 aromatic rings. The molecule has 0 aromatic heterocycles. The maximum atomic E-state index is 12.5. The number of phenolic OH excluding ortho intramolecular Hbond substituents is 1. The summed E-state index contributed by atoms with van der Waals surface area (Å²) in [6.07, 6.45) is 0. The summed E-state index contributed by atoms with van der Waals surface area (Å²) >= 11 is 0. The van der Waals surface area contributed by atoms with Gasteiger partial charge < -0.3 is 10.4 Å². The molecule has 1 saturated heterocycles. The second-order valence-corrected chi connectivity index (χ2v) is 6.20. The molecule has 4 N–H and O–H groups in total. The zero-order valence-corrected chi connectivity index (χ0v) is 11.3. The van der Waals surface area contributed by atoms with Crippen molar-refractivity contribution in [3.8, 4) is 5.75 Å². The van der Waals surface area contributed by atoms with Crippen LogP contribution in [0.15, 0.2) is 29.2 Å². The summed E-state index contributed by atoms with van der Waals surface area (Å²) in [5.74, 6) is -0.839. The Bertz CT molecular complexity index is 587. The van der Waals surface area contributed by atoms with E-state index >= 15 is 0 Å². The Hall–Kier alpha value is -1.68. The van der Waals surface area contributed by atoms with Crippen molar-refractivity contribution in [3.63, 3.8) is 0 Å². The van der Waals surface area contributed by atoms with Crippen LogP contribution in [-0.2, 0) is 14.8 Å². The topological polar surface area (TPSA) is 119 Å². The highest BCUT2D eigenvalue weighted by Gasteiger charge is 2.37. The molecule has 1 aliphatic heterocycles. The molecule has 1 aromatic carbocycles. The summed E-state index contributed by atoms with van der Waals surface area (Å²) in [4.78, 5) is 11.5. The number of carbonyl (C=O) groups is 1. The first-order valence-corrected chi connectivity index (χ1v) is 7.36. The molecule has 0 aliphatic carbocycles. The van der Waals surface area contributed by atoms with E-state index in [1.54, 1.807) is 0 Å². The molecule has 0 spiro atoms. The van der Waals surface area contributed by atoms with Gasteiger partial charge in [-0.3, -0.25) is 10.0 Å². The van der Waals surface area contributed by atoms with E-state index < -0.39 is 22.0 Å². The van der Waals surface area contributed by atoms with Gasteiger partial charge in [0.25, 0.3) is 5.91 Å². The maximum absolute atomic E-state index is 12.5. The SMILES string of the molecule is O=C(NO)[C@H]1CNCCN1S(=O)(=O)c1ccc(O)cc1. The number of rotatable bonds is 3. The number of sulfonamides is 1. The third-order valence-electron chi connectivity index (χ3n) is 3.05. The molecule has 9 heteroatoms. The lowest BCUT2D eigenvalue weighted by molar-refractivity contribution is -0.133. The molecular weight excluding hydrogens is 286 g/mol. The lowest BCUT2D eigenvalue weighted by Gasteiger charge is -2.33. The predicted octanol–water partition coefficient (Wildman–Crippen LogP) is -1.14. The summed E-state index contributed by atoms with van der Waals surface area (Å²) < 4.78 is 26.0. The number of nitrogens with one attached hydrogen (secondary N) is 2. The molecule has 8 nitrogen and oxygen atoms in total. The standard InChI is InChI=1S/C11H15N3O5S/c15-8-1-3-9(4-2-8)20(18,19)14-6-5-12-7-10(14)11(16)13-17/h1-4,10,12,15,17H,5-7H2,(H,13,16)/t10-/m1/s1. The second-order valence-electron chi connectivity index (χ2n) is 4.31. The first kappa shape index (κ1) is 14.7. The van der Waals surface area contributed by atoms with E-state index in [1.165, 1.54) is 29.7 Å². The monoisotopic (exact) mass is 301 g/mol. The number of piperazine rings is 1. The fourth-order valence-electron chi connectivity index (χ4n) is 2.02. The van der Waals surface area contributed by atoms with E-state index in [4.69, 9.17) is 5.21 Å². The molecule has 1 atom stereocenters. The fourth-order valence-corrected chi connectivity index (χ4v) is 3.61. The summed E-state index contributed by atoms with van der Waals surface area (Å²) in [7, 11) is -3.87. The van der Waals surface area contributed by atoms with Crippen LogP contribution in [0.2, 0.25) is 0 Å². The van der Waals surface area contributed by atoms with Gasteiger partial charge >= 0.3 is 0 Å². The molecule has 1 aliphatic rings. The van der Waals surface area contributed by atoms with E-state index in [0.717, 1.165) is 4.31 Å². The number of aromatic hydroxyl groups is 1. The number of nitrogens with zero attached hydrogens (tertiary/aromatic N) is 1. The van der Waals surface area contributed by atoms with Crippen molar-refractivity contribution in [2.75, 3.05) is 19.6 Å². The van der Waals surface area contributed by atoms with Crippen LogP contribution in [0, 0.1) is 0 Å². The van der Waals surface area contributed by atoms with Gasteiger partial charge in [0, 0.05) is 19.6 Å². The summed E-state index contributed by atoms with van der Waals surface area (Å²) in [6, 6.07) is 4.03. The molecule has 1 amide bonds. The van der Waals surface area contributed by atoms with Crippen molar-refractivity contribution in [3.05, 3.63) is 24.3 Å². The van der Waals surface area contributed by atoms with Gasteiger partial charge in [0.2, 0.25) is 10.0 Å². The van der Waals surface area contributed by atoms with E-state index in [2.05, 4.69) is 5.32 Å². The van der Waals surface area contributed by atoms with Crippen molar-refractivity contribution in [1.29, 1.82) is 0 Å². The quantitative estimate of drug-likeness (QED) is 0.414. The smallest absolute Gasteiger partial charge is 0.263 e. The lowest BCUT2D eigenvalue weighted by Crippen LogP contribution is -2.59. The first-order chi connectivity index (χ1) is 9.46. The van der Waals surface area contributed by atoms with Gasteiger partial charge in [-0.05, 0) is 24.3 Å². The number of phenols is 1. The Labute approximate surface area is 116 Å². The van der Waals surface area contributed by atoms with Crippen LogP contribution in [0.25, 0.3) is 0 Å². The highest BCUT2D eigenvalue weighted by molar-refractivity contribution is 7.89. The van der Waals surface area contributed by atoms with Crippen LogP contribution in [-0.4, -0.2) is 54.6 Å². The van der Waals surface area contributed by atoms with Gasteiger partial charge in [-0.15, -0.1) is 0 Å². The molecule has 0 unspecified atom stereocenters. The highest BCUT2D eigenvalue weighted by atomic mass is 32.2. The number of benzene rings is 1. The van der Waals surface area contributed by atoms with Gasteiger partial charge in [0.05, 0.1) is 4.90 Å². The third-order valence-corrected chi connectivity index (χ3v) is 4.97. The maximum Gasteiger partial charge on any atom is 0.263 e. The van der Waals surface area contributed by atoms with Crippen molar-refractivity contribution in [2.45, 2.75) is 10.9 Å². The van der Waals surface area contributed by atoms with Crippen molar-refractivity contribution >= 4 is 15.9 Å². The molecule has 1 fully saturated rings. The van der Waals surface area contributed by atoms with Crippen LogP contribution < -0.4 is 10.8 Å². The molecule has 20 heavy (non-hydrogen) atoms. The molecule has 0 radical (unpaired) electrons. The minimum absolute atomic E-state index is 0.0204. The van der Waals surface area contributed by atoms with E-state index in [0.29, 0.717) is 6.54 Å². The predicted molar refractivity (Wildman–Crippen MR) is 68.6 cm³/mol. The average Bonchev–Trinajstić information content (AvgIpc) is 2.47. The number of hydrogen-bond acceptors (Lipinski definition) is 6. The molecular formula is C11H15N3O5S. The van der Waals surface area contributed by atoms with E-state index in [9.17, 15) is 18.3 Å². The van der Waals surface area contributed by atoms with Crippen LogP contribution in [0.3, 0.4) is 0 Å². The number of amides is 1. The summed E-state index contributed by atoms with van der Waals surface area (Å²) in [5.41, 5.74) is 1.47. The summed E-state index contributed by atoms with van der Waals surface area (Å²) in [6.45, 7) is 0.636. The summed E-state index contributed by atoms with van der Waals surface area (Å²) in [5, 5.41) is 20.8. The Morgan fingerprint density at radius 2 is 2.00 bits per heavy atom. The number of hydrogen-bond donors (Lipinski definition) is 4. The van der Waals surface area contributed by atoms with Gasteiger partial charge in [-0.25, -0.2) is 13.9 Å². The minimum Gasteiger partial charge on any atom is -0.508 e. The average molecular weight is 301 g/mol. The molecule has 1 heterocycles. The van der Waals surface area contributed by atoms with E-state index in [1.807, 2.05) is 0 Å². The van der Waals surface area contributed by atoms with E-state index in [-0.39, 0.29) is 23.7 Å². The molecule has 110 valence electrons. The zero-order chi connectivity index (χ0) is 14.8. The largest absolute Gasteiger partial charge is 0.508 e. The van der Waals surface area contributed by atoms with Crippen LogP contribution in [0.1, 0.15) is 0 Å². The van der Waals surface area contributed by atoms with Crippen molar-refractivity contribution in [1.82, 2.24) is 15.1 Å². The zero-order valence-electron chi connectivity index (χ0n) is 10.5. The molecule has 2 rings (SSSR count). The van der Waals surface area contributed by atoms with Crippen LogP contribution in [0.4, 0.5) is 0 Å². The minimum atomic E-state index is -3.87. The molecule has 0 saturated carbocycles.